The van der Waals surface area contributed by atoms with Crippen molar-refractivity contribution in [3.05, 3.63) is 0 Å². The smallest absolute Gasteiger partial charge is 0.308 e. The van der Waals surface area contributed by atoms with Crippen molar-refractivity contribution in [2.75, 3.05) is 13.1 Å². The molecule has 2 N–H and O–H groups in total. The van der Waals surface area contributed by atoms with Crippen LogP contribution in [-0.4, -0.2) is 30.6 Å². The Balaban J connectivity index is 2.58. The average Bonchev–Trinajstić information content (AvgIpc) is 2.32. The molecule has 1 fully saturated rings. The lowest BCUT2D eigenvalue weighted by Gasteiger charge is -2.12. The number of aliphatic carboxylic acids is 1. The summed E-state index contributed by atoms with van der Waals surface area (Å²) in [6.07, 6.45) is -2.54. The molecular formula is C6H9F2NO2. The Bertz CT molecular complexity index is 163. The summed E-state index contributed by atoms with van der Waals surface area (Å²) >= 11 is 0. The fourth-order valence-electron chi connectivity index (χ4n) is 1.23. The van der Waals surface area contributed by atoms with Gasteiger partial charge in [0.15, 0.2) is 0 Å². The molecule has 1 aliphatic rings. The highest BCUT2D eigenvalue weighted by molar-refractivity contribution is 5.71. The molecule has 64 valence electrons. The molecule has 0 bridgehead atoms. The number of nitrogens with one attached hydrogen (secondary N) is 1. The highest BCUT2D eigenvalue weighted by Crippen LogP contribution is 2.23. The Morgan fingerprint density at radius 1 is 1.55 bits per heavy atom. The molecule has 1 rings (SSSR count). The third-order valence-corrected chi connectivity index (χ3v) is 1.90. The molecule has 0 aromatic heterocycles. The molecule has 0 spiro atoms. The number of carboxylic acid groups (broad SMARTS) is 1. The zero-order valence-corrected chi connectivity index (χ0v) is 5.76. The SMILES string of the molecule is O=C(O)[C@@H]1CNC[C@H]1C(F)F. The number of hydrogen-bond donors (Lipinski definition) is 2. The van der Waals surface area contributed by atoms with Crippen LogP contribution >= 0.6 is 0 Å². The number of rotatable bonds is 2. The van der Waals surface area contributed by atoms with E-state index in [1.54, 1.807) is 0 Å². The number of halogens is 2. The van der Waals surface area contributed by atoms with E-state index in [1.807, 2.05) is 0 Å². The summed E-state index contributed by atoms with van der Waals surface area (Å²) in [5.74, 6) is -3.08. The van der Waals surface area contributed by atoms with Crippen molar-refractivity contribution in [1.82, 2.24) is 5.32 Å². The first-order valence-electron chi connectivity index (χ1n) is 3.34. The molecule has 1 heterocycles. The van der Waals surface area contributed by atoms with Crippen LogP contribution in [0.25, 0.3) is 0 Å². The summed E-state index contributed by atoms with van der Waals surface area (Å²) in [7, 11) is 0. The van der Waals surface area contributed by atoms with Crippen molar-refractivity contribution in [1.29, 1.82) is 0 Å². The van der Waals surface area contributed by atoms with Crippen LogP contribution in [0.2, 0.25) is 0 Å². The largest absolute Gasteiger partial charge is 0.481 e. The average molecular weight is 165 g/mol. The maximum Gasteiger partial charge on any atom is 0.308 e. The van der Waals surface area contributed by atoms with Gasteiger partial charge in [0.25, 0.3) is 0 Å². The van der Waals surface area contributed by atoms with E-state index in [2.05, 4.69) is 5.32 Å². The van der Waals surface area contributed by atoms with Crippen molar-refractivity contribution >= 4 is 5.97 Å². The van der Waals surface area contributed by atoms with Gasteiger partial charge in [-0.1, -0.05) is 0 Å². The fraction of sp³-hybridized carbons (Fsp3) is 0.833. The molecule has 0 radical (unpaired) electrons. The van der Waals surface area contributed by atoms with Crippen LogP contribution in [0.4, 0.5) is 8.78 Å². The Labute approximate surface area is 62.4 Å². The first-order valence-corrected chi connectivity index (χ1v) is 3.34. The van der Waals surface area contributed by atoms with Gasteiger partial charge in [0.05, 0.1) is 5.92 Å². The third kappa shape index (κ3) is 1.65. The first-order chi connectivity index (χ1) is 5.13. The number of alkyl halides is 2. The fourth-order valence-corrected chi connectivity index (χ4v) is 1.23. The quantitative estimate of drug-likeness (QED) is 0.613. The third-order valence-electron chi connectivity index (χ3n) is 1.90. The summed E-state index contributed by atoms with van der Waals surface area (Å²) in [4.78, 5) is 10.3. The second-order valence-electron chi connectivity index (χ2n) is 2.60. The topological polar surface area (TPSA) is 49.3 Å². The normalized spacial score (nSPS) is 31.2. The predicted octanol–water partition coefficient (Wildman–Crippen LogP) is 0.172. The van der Waals surface area contributed by atoms with Crippen LogP contribution in [0.1, 0.15) is 0 Å². The number of hydrogen-bond acceptors (Lipinski definition) is 2. The van der Waals surface area contributed by atoms with E-state index >= 15 is 0 Å². The van der Waals surface area contributed by atoms with E-state index in [9.17, 15) is 13.6 Å². The van der Waals surface area contributed by atoms with Crippen molar-refractivity contribution in [3.8, 4) is 0 Å². The van der Waals surface area contributed by atoms with Gasteiger partial charge in [-0.15, -0.1) is 0 Å². The van der Waals surface area contributed by atoms with Crippen LogP contribution in [0.5, 0.6) is 0 Å². The molecule has 5 heteroatoms. The highest BCUT2D eigenvalue weighted by Gasteiger charge is 2.38. The summed E-state index contributed by atoms with van der Waals surface area (Å²) in [6, 6.07) is 0. The van der Waals surface area contributed by atoms with E-state index in [0.29, 0.717) is 0 Å². The predicted molar refractivity (Wildman–Crippen MR) is 33.5 cm³/mol. The molecule has 0 aromatic carbocycles. The minimum Gasteiger partial charge on any atom is -0.481 e. The summed E-state index contributed by atoms with van der Waals surface area (Å²) < 4.78 is 24.1. The summed E-state index contributed by atoms with van der Waals surface area (Å²) in [5, 5.41) is 11.1. The minimum atomic E-state index is -2.54. The summed E-state index contributed by atoms with van der Waals surface area (Å²) in [6.45, 7) is 0.263. The van der Waals surface area contributed by atoms with E-state index in [-0.39, 0.29) is 13.1 Å². The lowest BCUT2D eigenvalue weighted by atomic mass is 9.97. The van der Waals surface area contributed by atoms with Gasteiger partial charge in [-0.05, 0) is 0 Å². The molecule has 0 unspecified atom stereocenters. The Hall–Kier alpha value is -0.710. The maximum absolute atomic E-state index is 12.0. The maximum atomic E-state index is 12.0. The molecule has 1 saturated heterocycles. The van der Waals surface area contributed by atoms with Crippen LogP contribution in [-0.2, 0) is 4.79 Å². The molecular weight excluding hydrogens is 156 g/mol. The molecule has 3 nitrogen and oxygen atoms in total. The molecule has 0 saturated carbocycles. The van der Waals surface area contributed by atoms with Crippen molar-refractivity contribution < 1.29 is 18.7 Å². The Morgan fingerprint density at radius 2 is 2.18 bits per heavy atom. The molecule has 0 aliphatic carbocycles. The van der Waals surface area contributed by atoms with E-state index in [0.717, 1.165) is 0 Å². The molecule has 1 aliphatic heterocycles. The van der Waals surface area contributed by atoms with Gasteiger partial charge >= 0.3 is 5.97 Å². The summed E-state index contributed by atoms with van der Waals surface area (Å²) in [5.41, 5.74) is 0. The number of carboxylic acids is 1. The van der Waals surface area contributed by atoms with Gasteiger partial charge < -0.3 is 10.4 Å². The molecule has 2 atom stereocenters. The molecule has 11 heavy (non-hydrogen) atoms. The van der Waals surface area contributed by atoms with E-state index < -0.39 is 24.2 Å². The van der Waals surface area contributed by atoms with E-state index in [4.69, 9.17) is 5.11 Å². The van der Waals surface area contributed by atoms with Gasteiger partial charge in [0.2, 0.25) is 6.43 Å². The monoisotopic (exact) mass is 165 g/mol. The number of carbonyl (C=O) groups is 1. The van der Waals surface area contributed by atoms with Gasteiger partial charge in [-0.2, -0.15) is 0 Å². The minimum absolute atomic E-state index is 0.106. The van der Waals surface area contributed by atoms with E-state index in [1.165, 1.54) is 0 Å². The van der Waals surface area contributed by atoms with Crippen molar-refractivity contribution in [2.45, 2.75) is 6.43 Å². The van der Waals surface area contributed by atoms with Gasteiger partial charge in [-0.25, -0.2) is 8.78 Å². The zero-order valence-electron chi connectivity index (χ0n) is 5.76. The van der Waals surface area contributed by atoms with Crippen LogP contribution in [0, 0.1) is 11.8 Å². The van der Waals surface area contributed by atoms with Crippen molar-refractivity contribution in [3.63, 3.8) is 0 Å². The van der Waals surface area contributed by atoms with Gasteiger partial charge in [-0.3, -0.25) is 4.79 Å². The highest BCUT2D eigenvalue weighted by atomic mass is 19.3. The Kier molecular flexibility index (Phi) is 2.38. The Morgan fingerprint density at radius 3 is 2.55 bits per heavy atom. The van der Waals surface area contributed by atoms with Crippen LogP contribution < -0.4 is 5.32 Å². The molecule has 0 amide bonds. The lowest BCUT2D eigenvalue weighted by Crippen LogP contribution is -2.27. The second-order valence-corrected chi connectivity index (χ2v) is 2.60. The van der Waals surface area contributed by atoms with Crippen LogP contribution in [0.3, 0.4) is 0 Å². The lowest BCUT2D eigenvalue weighted by molar-refractivity contribution is -0.144. The zero-order chi connectivity index (χ0) is 8.43. The standard InChI is InChI=1S/C6H9F2NO2/c7-5(8)3-1-9-2-4(3)6(10)11/h3-5,9H,1-2H2,(H,10,11)/t3-,4-/m1/s1. The van der Waals surface area contributed by atoms with Crippen LogP contribution in [0.15, 0.2) is 0 Å². The second kappa shape index (κ2) is 3.13. The first kappa shape index (κ1) is 8.39. The van der Waals surface area contributed by atoms with Gasteiger partial charge in [0, 0.05) is 19.0 Å². The van der Waals surface area contributed by atoms with Crippen molar-refractivity contribution in [2.24, 2.45) is 11.8 Å². The van der Waals surface area contributed by atoms with Gasteiger partial charge in [0.1, 0.15) is 0 Å². The molecule has 0 aromatic rings.